The number of hydrogen-bond acceptors (Lipinski definition) is 3. The smallest absolute Gasteiger partial charge is 0.109 e. The lowest BCUT2D eigenvalue weighted by Crippen LogP contribution is -2.56. The molecule has 15 heavy (non-hydrogen) atoms. The van der Waals surface area contributed by atoms with Crippen LogP contribution in [0.5, 0.6) is 0 Å². The monoisotopic (exact) mass is 278 g/mol. The van der Waals surface area contributed by atoms with E-state index in [2.05, 4.69) is 15.9 Å². The van der Waals surface area contributed by atoms with Gasteiger partial charge in [0.15, 0.2) is 0 Å². The fourth-order valence-electron chi connectivity index (χ4n) is 2.64. The molecule has 3 atom stereocenters. The summed E-state index contributed by atoms with van der Waals surface area (Å²) in [4.78, 5) is 0. The molecule has 0 N–H and O–H groups in total. The lowest BCUT2D eigenvalue weighted by Gasteiger charge is -2.47. The Morgan fingerprint density at radius 2 is 2.33 bits per heavy atom. The Balaban J connectivity index is 2.07. The fraction of sp³-hybridized carbons (Fsp3) is 1.00. The molecule has 0 radical (unpaired) electrons. The summed E-state index contributed by atoms with van der Waals surface area (Å²) in [5.74, 6) is 0. The highest BCUT2D eigenvalue weighted by molar-refractivity contribution is 9.09. The number of halogens is 1. The van der Waals surface area contributed by atoms with E-state index < -0.39 is 0 Å². The number of hydrogen-bond donors (Lipinski definition) is 0. The summed E-state index contributed by atoms with van der Waals surface area (Å²) in [7, 11) is 1.75. The van der Waals surface area contributed by atoms with Gasteiger partial charge in [-0.3, -0.25) is 0 Å². The van der Waals surface area contributed by atoms with Crippen molar-refractivity contribution in [3.8, 4) is 0 Å². The van der Waals surface area contributed by atoms with E-state index in [-0.39, 0.29) is 11.7 Å². The first kappa shape index (κ1) is 11.8. The minimum atomic E-state index is -0.0797. The van der Waals surface area contributed by atoms with Crippen molar-refractivity contribution in [1.82, 2.24) is 0 Å². The van der Waals surface area contributed by atoms with Gasteiger partial charge in [0.25, 0.3) is 0 Å². The molecule has 0 aliphatic carbocycles. The molecule has 2 fully saturated rings. The Morgan fingerprint density at radius 1 is 1.47 bits per heavy atom. The van der Waals surface area contributed by atoms with Gasteiger partial charge in [0, 0.05) is 25.5 Å². The molecule has 2 rings (SSSR count). The maximum atomic E-state index is 6.22. The molecule has 4 heteroatoms. The van der Waals surface area contributed by atoms with Crippen molar-refractivity contribution in [2.24, 2.45) is 0 Å². The zero-order valence-corrected chi connectivity index (χ0v) is 10.8. The zero-order valence-electron chi connectivity index (χ0n) is 9.21. The van der Waals surface area contributed by atoms with Crippen LogP contribution in [0.1, 0.15) is 25.7 Å². The highest BCUT2D eigenvalue weighted by atomic mass is 79.9. The third-order valence-corrected chi connectivity index (χ3v) is 4.23. The summed E-state index contributed by atoms with van der Waals surface area (Å²) in [6.45, 7) is 1.47. The van der Waals surface area contributed by atoms with Crippen molar-refractivity contribution < 1.29 is 14.2 Å². The van der Waals surface area contributed by atoms with Gasteiger partial charge in [0.05, 0.1) is 18.3 Å². The van der Waals surface area contributed by atoms with Gasteiger partial charge in [0.2, 0.25) is 0 Å². The summed E-state index contributed by atoms with van der Waals surface area (Å²) >= 11 is 3.51. The first-order chi connectivity index (χ1) is 7.30. The predicted molar refractivity (Wildman–Crippen MR) is 61.5 cm³/mol. The molecular weight excluding hydrogens is 260 g/mol. The number of alkyl halides is 1. The number of ether oxygens (including phenoxy) is 3. The first-order valence-electron chi connectivity index (χ1n) is 5.65. The maximum absolute atomic E-state index is 6.22. The van der Waals surface area contributed by atoms with Crippen molar-refractivity contribution >= 4 is 15.9 Å². The normalized spacial score (nSPS) is 42.0. The summed E-state index contributed by atoms with van der Waals surface area (Å²) in [5, 5.41) is 0.923. The van der Waals surface area contributed by atoms with Gasteiger partial charge in [-0.1, -0.05) is 15.9 Å². The van der Waals surface area contributed by atoms with Crippen LogP contribution in [0.3, 0.4) is 0 Å². The highest BCUT2D eigenvalue weighted by Gasteiger charge is 2.46. The van der Waals surface area contributed by atoms with Crippen LogP contribution >= 0.6 is 15.9 Å². The van der Waals surface area contributed by atoms with E-state index in [0.717, 1.165) is 31.2 Å². The van der Waals surface area contributed by atoms with Crippen LogP contribution in [0.15, 0.2) is 0 Å². The molecule has 0 bridgehead atoms. The first-order valence-corrected chi connectivity index (χ1v) is 6.77. The zero-order chi connectivity index (χ0) is 10.7. The Labute approximate surface area is 99.6 Å². The summed E-state index contributed by atoms with van der Waals surface area (Å²) in [6.07, 6.45) is 4.91. The molecule has 0 saturated carbocycles. The van der Waals surface area contributed by atoms with Gasteiger partial charge in [-0.2, -0.15) is 0 Å². The average Bonchev–Trinajstić information content (AvgIpc) is 2.30. The number of methoxy groups -OCH3 is 1. The topological polar surface area (TPSA) is 27.7 Å². The molecule has 3 nitrogen and oxygen atoms in total. The third kappa shape index (κ3) is 2.38. The quantitative estimate of drug-likeness (QED) is 0.725. The van der Waals surface area contributed by atoms with Crippen molar-refractivity contribution in [1.29, 1.82) is 0 Å². The lowest BCUT2D eigenvalue weighted by atomic mass is 9.83. The van der Waals surface area contributed by atoms with E-state index in [9.17, 15) is 0 Å². The molecular formula is C11H19BrO3. The SMILES string of the molecule is COC1COCCC12CCCC(CBr)O2. The third-order valence-electron chi connectivity index (χ3n) is 3.51. The Hall–Kier alpha value is 0.360. The van der Waals surface area contributed by atoms with Crippen LogP contribution < -0.4 is 0 Å². The molecule has 3 unspecified atom stereocenters. The molecule has 2 aliphatic rings. The van der Waals surface area contributed by atoms with Gasteiger partial charge < -0.3 is 14.2 Å². The van der Waals surface area contributed by atoms with Gasteiger partial charge in [0.1, 0.15) is 6.10 Å². The predicted octanol–water partition coefficient (Wildman–Crippen LogP) is 2.12. The lowest BCUT2D eigenvalue weighted by molar-refractivity contribution is -0.226. The van der Waals surface area contributed by atoms with E-state index in [1.165, 1.54) is 6.42 Å². The van der Waals surface area contributed by atoms with Crippen LogP contribution in [0.2, 0.25) is 0 Å². The van der Waals surface area contributed by atoms with Gasteiger partial charge in [-0.25, -0.2) is 0 Å². The van der Waals surface area contributed by atoms with Gasteiger partial charge >= 0.3 is 0 Å². The average molecular weight is 279 g/mol. The Bertz CT molecular complexity index is 208. The van der Waals surface area contributed by atoms with Crippen molar-refractivity contribution in [2.45, 2.75) is 43.5 Å². The summed E-state index contributed by atoms with van der Waals surface area (Å²) < 4.78 is 17.2. The highest BCUT2D eigenvalue weighted by Crippen LogP contribution is 2.38. The van der Waals surface area contributed by atoms with Crippen molar-refractivity contribution in [3.05, 3.63) is 0 Å². The molecule has 2 heterocycles. The van der Waals surface area contributed by atoms with Crippen LogP contribution in [0.4, 0.5) is 0 Å². The second-order valence-electron chi connectivity index (χ2n) is 4.40. The fourth-order valence-corrected chi connectivity index (χ4v) is 3.10. The Kier molecular flexibility index (Phi) is 4.04. The second kappa shape index (κ2) is 5.13. The molecule has 0 aromatic heterocycles. The van der Waals surface area contributed by atoms with E-state index in [1.807, 2.05) is 0 Å². The maximum Gasteiger partial charge on any atom is 0.109 e. The molecule has 0 aromatic rings. The summed E-state index contributed by atoms with van der Waals surface area (Å²) in [5.41, 5.74) is -0.0797. The Morgan fingerprint density at radius 3 is 3.07 bits per heavy atom. The van der Waals surface area contributed by atoms with Gasteiger partial charge in [-0.05, 0) is 19.3 Å². The molecule has 1 spiro atoms. The van der Waals surface area contributed by atoms with E-state index in [1.54, 1.807) is 7.11 Å². The molecule has 2 saturated heterocycles. The minimum Gasteiger partial charge on any atom is -0.379 e. The van der Waals surface area contributed by atoms with Crippen LogP contribution in [0, 0.1) is 0 Å². The van der Waals surface area contributed by atoms with Crippen LogP contribution in [-0.2, 0) is 14.2 Å². The van der Waals surface area contributed by atoms with Crippen LogP contribution in [0.25, 0.3) is 0 Å². The standard InChI is InChI=1S/C11H19BrO3/c1-13-10-8-14-6-5-11(10)4-2-3-9(7-12)15-11/h9-10H,2-8H2,1H3. The second-order valence-corrected chi connectivity index (χ2v) is 5.05. The van der Waals surface area contributed by atoms with Crippen molar-refractivity contribution in [3.63, 3.8) is 0 Å². The van der Waals surface area contributed by atoms with E-state index >= 15 is 0 Å². The van der Waals surface area contributed by atoms with Crippen molar-refractivity contribution in [2.75, 3.05) is 25.7 Å². The minimum absolute atomic E-state index is 0.0797. The number of rotatable bonds is 2. The van der Waals surface area contributed by atoms with Gasteiger partial charge in [-0.15, -0.1) is 0 Å². The van der Waals surface area contributed by atoms with E-state index in [0.29, 0.717) is 12.7 Å². The largest absolute Gasteiger partial charge is 0.379 e. The molecule has 88 valence electrons. The summed E-state index contributed by atoms with van der Waals surface area (Å²) in [6, 6.07) is 0. The molecule has 0 aromatic carbocycles. The molecule has 0 amide bonds. The van der Waals surface area contributed by atoms with E-state index in [4.69, 9.17) is 14.2 Å². The molecule has 2 aliphatic heterocycles. The van der Waals surface area contributed by atoms with Crippen LogP contribution in [-0.4, -0.2) is 43.5 Å².